The molecule has 0 spiro atoms. The maximum absolute atomic E-state index is 13.8. The number of nitrogens with one attached hydrogen (secondary N) is 2. The van der Waals surface area contributed by atoms with Crippen LogP contribution in [0.4, 0.5) is 14.6 Å². The Labute approximate surface area is 183 Å². The SMILES string of the molecule is C=C[C@H]1CN([C@@H](C)C(=O)Nc2ccc(OCC3CC3)cn2)CCC1(F)F.N=CC(N)=O.[HH].[HH]. The molecule has 2 atom stereocenters. The lowest BCUT2D eigenvalue weighted by Gasteiger charge is -2.39. The Hall–Kier alpha value is -2.88. The van der Waals surface area contributed by atoms with Gasteiger partial charge < -0.3 is 21.2 Å². The Bertz CT molecular complexity index is 795. The zero-order valence-electron chi connectivity index (χ0n) is 17.5. The van der Waals surface area contributed by atoms with Crippen LogP contribution >= 0.6 is 0 Å². The largest absolute Gasteiger partial charge is 0.492 e. The smallest absolute Gasteiger partial charge is 0.259 e. The summed E-state index contributed by atoms with van der Waals surface area (Å²) < 4.78 is 33.2. The standard InChI is InChI=1S/C19H25F2N3O2.C2H4N2O.2H2/c1-3-15-11-24(9-8-19(15,20)21)13(2)18(25)23-17-7-6-16(10-22-17)26-12-14-4-5-14;3-1-2(4)5;;/h3,6-7,10,13-15H,1,4-5,8-9,11-12H2,2H3,(H,22,23,25);1,3H,(H2,4,5);2*1H/t13-,15-;;;/m0.../s1. The summed E-state index contributed by atoms with van der Waals surface area (Å²) >= 11 is 0. The molecule has 1 saturated carbocycles. The van der Waals surface area contributed by atoms with Crippen LogP contribution in [0.2, 0.25) is 0 Å². The molecule has 0 aromatic carbocycles. The zero-order valence-corrected chi connectivity index (χ0v) is 17.5. The fourth-order valence-corrected chi connectivity index (χ4v) is 2.99. The van der Waals surface area contributed by atoms with Crippen molar-refractivity contribution in [2.45, 2.75) is 38.2 Å². The van der Waals surface area contributed by atoms with Gasteiger partial charge in [-0.15, -0.1) is 6.58 Å². The lowest BCUT2D eigenvalue weighted by Crippen LogP contribution is -2.52. The molecule has 3 rings (SSSR count). The fraction of sp³-hybridized carbons (Fsp3) is 0.524. The van der Waals surface area contributed by atoms with E-state index in [0.717, 1.165) is 0 Å². The van der Waals surface area contributed by atoms with E-state index in [1.165, 1.54) is 18.9 Å². The molecular formula is C21H33F2N5O3. The molecule has 0 radical (unpaired) electrons. The van der Waals surface area contributed by atoms with Gasteiger partial charge in [0.2, 0.25) is 5.91 Å². The Morgan fingerprint density at radius 2 is 2.19 bits per heavy atom. The lowest BCUT2D eigenvalue weighted by molar-refractivity contribution is -0.127. The number of ether oxygens (including phenoxy) is 1. The first-order valence-corrected chi connectivity index (χ1v) is 10.1. The van der Waals surface area contributed by atoms with Crippen molar-refractivity contribution >= 4 is 23.8 Å². The molecule has 2 aliphatic rings. The number of rotatable bonds is 8. The van der Waals surface area contributed by atoms with E-state index in [-0.39, 0.29) is 28.3 Å². The third kappa shape index (κ3) is 7.71. The first kappa shape index (κ1) is 24.4. The first-order chi connectivity index (χ1) is 14.7. The molecule has 174 valence electrons. The van der Waals surface area contributed by atoms with E-state index in [2.05, 4.69) is 22.6 Å². The topological polar surface area (TPSA) is 121 Å². The normalized spacial score (nSPS) is 21.1. The van der Waals surface area contributed by atoms with Crippen molar-refractivity contribution in [3.63, 3.8) is 0 Å². The van der Waals surface area contributed by atoms with Crippen molar-refractivity contribution in [2.75, 3.05) is 25.0 Å². The molecule has 0 unspecified atom stereocenters. The number of carbonyl (C=O) groups excluding carboxylic acids is 2. The molecule has 10 heteroatoms. The Kier molecular flexibility index (Phi) is 8.61. The second kappa shape index (κ2) is 10.9. The molecular weight excluding hydrogens is 408 g/mol. The molecule has 1 aliphatic heterocycles. The molecule has 2 amide bonds. The van der Waals surface area contributed by atoms with Crippen LogP contribution in [0.25, 0.3) is 0 Å². The maximum atomic E-state index is 13.8. The molecule has 1 aromatic rings. The van der Waals surface area contributed by atoms with Gasteiger partial charge in [0.1, 0.15) is 11.6 Å². The highest BCUT2D eigenvalue weighted by Gasteiger charge is 2.43. The number of hydrogen-bond acceptors (Lipinski definition) is 6. The van der Waals surface area contributed by atoms with Gasteiger partial charge in [0.15, 0.2) is 0 Å². The summed E-state index contributed by atoms with van der Waals surface area (Å²) in [6.45, 7) is 6.20. The molecule has 1 aromatic heterocycles. The average Bonchev–Trinajstić information content (AvgIpc) is 3.57. The number of nitrogens with two attached hydrogens (primary N) is 1. The van der Waals surface area contributed by atoms with Crippen LogP contribution in [-0.4, -0.2) is 59.6 Å². The van der Waals surface area contributed by atoms with Gasteiger partial charge in [-0.1, -0.05) is 6.08 Å². The Morgan fingerprint density at radius 1 is 1.52 bits per heavy atom. The second-order valence-electron chi connectivity index (χ2n) is 7.69. The van der Waals surface area contributed by atoms with Crippen molar-refractivity contribution in [3.8, 4) is 5.75 Å². The molecule has 2 heterocycles. The van der Waals surface area contributed by atoms with E-state index in [9.17, 15) is 18.4 Å². The average molecular weight is 442 g/mol. The van der Waals surface area contributed by atoms with E-state index in [1.54, 1.807) is 30.2 Å². The Balaban J connectivity index is 0.00000133. The van der Waals surface area contributed by atoms with Crippen LogP contribution in [0, 0.1) is 17.2 Å². The number of carbonyl (C=O) groups is 2. The molecule has 1 saturated heterocycles. The van der Waals surface area contributed by atoms with Crippen LogP contribution in [0.15, 0.2) is 31.0 Å². The number of halogens is 2. The number of aromatic nitrogens is 1. The number of pyridine rings is 1. The second-order valence-corrected chi connectivity index (χ2v) is 7.69. The number of amides is 2. The van der Waals surface area contributed by atoms with Gasteiger partial charge in [0.05, 0.1) is 31.0 Å². The van der Waals surface area contributed by atoms with Crippen molar-refractivity contribution in [2.24, 2.45) is 17.6 Å². The zero-order chi connectivity index (χ0) is 23.0. The van der Waals surface area contributed by atoms with E-state index >= 15 is 0 Å². The summed E-state index contributed by atoms with van der Waals surface area (Å²) in [5.41, 5.74) is 4.41. The van der Waals surface area contributed by atoms with Gasteiger partial charge in [-0.2, -0.15) is 0 Å². The molecule has 0 bridgehead atoms. The maximum Gasteiger partial charge on any atom is 0.259 e. The summed E-state index contributed by atoms with van der Waals surface area (Å²) in [7, 11) is 0. The van der Waals surface area contributed by atoms with Crippen LogP contribution in [0.3, 0.4) is 0 Å². The minimum absolute atomic E-state index is 0. The third-order valence-electron chi connectivity index (χ3n) is 5.23. The van der Waals surface area contributed by atoms with E-state index in [1.807, 2.05) is 0 Å². The number of primary amides is 1. The van der Waals surface area contributed by atoms with Crippen LogP contribution in [-0.2, 0) is 9.59 Å². The van der Waals surface area contributed by atoms with Crippen molar-refractivity contribution in [3.05, 3.63) is 31.0 Å². The predicted octanol–water partition coefficient (Wildman–Crippen LogP) is 2.95. The fourth-order valence-electron chi connectivity index (χ4n) is 2.99. The highest BCUT2D eigenvalue weighted by Crippen LogP contribution is 2.34. The molecule has 1 aliphatic carbocycles. The number of anilines is 1. The number of nitrogens with zero attached hydrogens (tertiary/aromatic N) is 2. The van der Waals surface area contributed by atoms with Crippen LogP contribution in [0.1, 0.15) is 29.0 Å². The van der Waals surface area contributed by atoms with Crippen molar-refractivity contribution in [1.29, 1.82) is 5.41 Å². The van der Waals surface area contributed by atoms with Gasteiger partial charge in [-0.25, -0.2) is 13.8 Å². The highest BCUT2D eigenvalue weighted by atomic mass is 19.3. The van der Waals surface area contributed by atoms with Gasteiger partial charge in [-0.05, 0) is 37.8 Å². The molecule has 4 N–H and O–H groups in total. The molecule has 2 fully saturated rings. The van der Waals surface area contributed by atoms with Crippen molar-refractivity contribution < 1.29 is 26.0 Å². The molecule has 31 heavy (non-hydrogen) atoms. The monoisotopic (exact) mass is 441 g/mol. The number of hydrogen-bond donors (Lipinski definition) is 3. The predicted molar refractivity (Wildman–Crippen MR) is 118 cm³/mol. The van der Waals surface area contributed by atoms with Gasteiger partial charge in [0.25, 0.3) is 11.8 Å². The highest BCUT2D eigenvalue weighted by molar-refractivity contribution is 6.24. The summed E-state index contributed by atoms with van der Waals surface area (Å²) in [5, 5.41) is 8.79. The summed E-state index contributed by atoms with van der Waals surface area (Å²) in [5.74, 6) is -2.91. The van der Waals surface area contributed by atoms with Crippen molar-refractivity contribution in [1.82, 2.24) is 9.88 Å². The minimum Gasteiger partial charge on any atom is -0.492 e. The van der Waals surface area contributed by atoms with E-state index in [4.69, 9.17) is 10.1 Å². The lowest BCUT2D eigenvalue weighted by atomic mass is 9.92. The Morgan fingerprint density at radius 3 is 2.71 bits per heavy atom. The van der Waals surface area contributed by atoms with E-state index in [0.29, 0.717) is 30.3 Å². The number of likely N-dealkylation sites (tertiary alicyclic amines) is 1. The number of alkyl halides is 2. The van der Waals surface area contributed by atoms with Gasteiger partial charge in [-0.3, -0.25) is 14.5 Å². The van der Waals surface area contributed by atoms with Crippen LogP contribution < -0.4 is 15.8 Å². The van der Waals surface area contributed by atoms with Gasteiger partial charge >= 0.3 is 0 Å². The third-order valence-corrected chi connectivity index (χ3v) is 5.23. The minimum atomic E-state index is -2.76. The quantitative estimate of drug-likeness (QED) is 0.423. The summed E-state index contributed by atoms with van der Waals surface area (Å²) in [6.07, 6.45) is 5.58. The van der Waals surface area contributed by atoms with E-state index < -0.39 is 23.8 Å². The van der Waals surface area contributed by atoms with Crippen LogP contribution in [0.5, 0.6) is 5.75 Å². The van der Waals surface area contributed by atoms with Gasteiger partial charge in [0, 0.05) is 22.4 Å². The number of piperidine rings is 1. The summed E-state index contributed by atoms with van der Waals surface area (Å²) in [6, 6.07) is 2.93. The summed E-state index contributed by atoms with van der Waals surface area (Å²) in [4.78, 5) is 27.7. The first-order valence-electron chi connectivity index (χ1n) is 10.1. The molecule has 8 nitrogen and oxygen atoms in total.